The van der Waals surface area contributed by atoms with Crippen LogP contribution in [0.1, 0.15) is 6.42 Å². The van der Waals surface area contributed by atoms with E-state index in [9.17, 15) is 22.8 Å². The van der Waals surface area contributed by atoms with E-state index in [4.69, 9.17) is 0 Å². The third-order valence-corrected chi connectivity index (χ3v) is 0.627. The minimum absolute atomic E-state index is 0.211. The molecule has 0 aliphatic heterocycles. The molecule has 0 unspecified atom stereocenters. The molecular formula is C4H3F3O2. The summed E-state index contributed by atoms with van der Waals surface area (Å²) < 4.78 is 34.3. The Kier molecular flexibility index (Phi) is 2.36. The molecule has 2 nitrogen and oxygen atoms in total. The minimum Gasteiger partial charge on any atom is -0.303 e. The Morgan fingerprint density at radius 3 is 2.11 bits per heavy atom. The lowest BCUT2D eigenvalue weighted by molar-refractivity contribution is -0.157. The first kappa shape index (κ1) is 8.13. The van der Waals surface area contributed by atoms with Gasteiger partial charge in [-0.2, -0.15) is 13.2 Å². The fourth-order valence-electron chi connectivity index (χ4n) is 0.185. The van der Waals surface area contributed by atoms with Gasteiger partial charge in [-0.05, 0) is 0 Å². The maximum Gasteiger partial charge on any atom is 0.370 e. The molecular weight excluding hydrogens is 137 g/mol. The second-order valence-electron chi connectivity index (χ2n) is 1.35. The molecule has 0 aromatic rings. The van der Waals surface area contributed by atoms with Crippen molar-refractivity contribution in [1.82, 2.24) is 0 Å². The molecule has 0 aromatic heterocycles. The number of carbonyl (C=O) groups is 2. The van der Waals surface area contributed by atoms with Crippen molar-refractivity contribution in [2.45, 2.75) is 12.3 Å². The highest BCUT2D eigenvalue weighted by Gasteiger charge is 2.38. The van der Waals surface area contributed by atoms with Gasteiger partial charge < -0.3 is 4.79 Å². The summed E-state index contributed by atoms with van der Waals surface area (Å²) in [6.07, 6.45) is -1.60. The van der Waals surface area contributed by atoms with Gasteiger partial charge in [0.25, 0.3) is 0 Å². The van der Waals surface area contributed by atoms with Crippen molar-refractivity contribution >= 4 is 12.3 Å². The summed E-state index contributed by atoms with van der Waals surface area (Å²) in [5.41, 5.74) is 0. The average Bonchev–Trinajstić information content (AvgIpc) is 1.65. The zero-order valence-corrected chi connectivity index (χ0v) is 4.23. The van der Waals surface area contributed by atoms with Gasteiger partial charge in [-0.15, -0.1) is 0 Å². The van der Waals surface area contributed by atoms with Gasteiger partial charge in [0.15, 0.2) is 0 Å². The third-order valence-electron chi connectivity index (χ3n) is 0.627. The van der Waals surface area contributed by atoms with Crippen LogP contribution in [0.5, 0.6) is 0 Å². The summed E-state index contributed by atoms with van der Waals surface area (Å²) in [6.45, 7) is 0. The van der Waals surface area contributed by atoms with Crippen LogP contribution in [0.4, 0.5) is 13.2 Å². The molecule has 0 bridgehead atoms. The molecule has 0 N–H and O–H groups in total. The smallest absolute Gasteiger partial charge is 0.303 e. The van der Waals surface area contributed by atoms with E-state index >= 15 is 0 Å². The maximum atomic E-state index is 11.6. The molecule has 0 aromatic carbocycles. The summed E-state index contributed by atoms with van der Waals surface area (Å²) >= 11 is 0. The highest BCUT2D eigenvalue weighted by Crippen LogP contribution is 2.17. The molecule has 0 fully saturated rings. The molecule has 0 rings (SSSR count). The van der Waals surface area contributed by atoms with Gasteiger partial charge in [0.2, 0.25) is 0 Å². The molecule has 0 aliphatic carbocycles. The average molecular weight is 140 g/mol. The minimum atomic E-state index is -4.12. The Morgan fingerprint density at radius 2 is 2.00 bits per heavy atom. The number of aldehydes is 1. The molecule has 0 spiro atoms. The van der Waals surface area contributed by atoms with Crippen LogP contribution in [0.15, 0.2) is 0 Å². The SMILES string of the molecule is O=CCC(F)(F)C(=O)F. The summed E-state index contributed by atoms with van der Waals surface area (Å²) in [6, 6.07) is -2.77. The Balaban J connectivity index is 4.00. The number of carbonyl (C=O) groups excluding carboxylic acids is 2. The normalized spacial score (nSPS) is 11.0. The topological polar surface area (TPSA) is 34.1 Å². The Labute approximate surface area is 48.7 Å². The maximum absolute atomic E-state index is 11.6. The Morgan fingerprint density at radius 1 is 1.56 bits per heavy atom. The number of rotatable bonds is 3. The summed E-state index contributed by atoms with van der Waals surface area (Å²) in [7, 11) is 0. The molecule has 52 valence electrons. The monoisotopic (exact) mass is 140 g/mol. The first-order valence-electron chi connectivity index (χ1n) is 2.02. The van der Waals surface area contributed by atoms with Gasteiger partial charge >= 0.3 is 12.0 Å². The van der Waals surface area contributed by atoms with Crippen molar-refractivity contribution in [3.05, 3.63) is 0 Å². The largest absolute Gasteiger partial charge is 0.370 e. The lowest BCUT2D eigenvalue weighted by atomic mass is 10.3. The van der Waals surface area contributed by atoms with Gasteiger partial charge in [-0.1, -0.05) is 0 Å². The summed E-state index contributed by atoms with van der Waals surface area (Å²) in [5.74, 6) is -4.12. The quantitative estimate of drug-likeness (QED) is 0.427. The summed E-state index contributed by atoms with van der Waals surface area (Å²) in [4.78, 5) is 18.6. The van der Waals surface area contributed by atoms with E-state index in [0.717, 1.165) is 0 Å². The van der Waals surface area contributed by atoms with Gasteiger partial charge in [-0.25, -0.2) is 0 Å². The second kappa shape index (κ2) is 2.61. The molecule has 0 heterocycles. The number of hydrogen-bond donors (Lipinski definition) is 0. The number of alkyl halides is 2. The predicted molar refractivity (Wildman–Crippen MR) is 21.7 cm³/mol. The second-order valence-corrected chi connectivity index (χ2v) is 1.35. The van der Waals surface area contributed by atoms with Crippen molar-refractivity contribution in [3.8, 4) is 0 Å². The highest BCUT2D eigenvalue weighted by molar-refractivity contribution is 5.79. The first-order valence-corrected chi connectivity index (χ1v) is 2.02. The Hall–Kier alpha value is -0.870. The molecule has 0 aliphatic rings. The van der Waals surface area contributed by atoms with E-state index < -0.39 is 18.4 Å². The van der Waals surface area contributed by atoms with Crippen LogP contribution in [-0.2, 0) is 9.59 Å². The lowest BCUT2D eigenvalue weighted by Gasteiger charge is -2.02. The van der Waals surface area contributed by atoms with E-state index in [2.05, 4.69) is 0 Å². The molecule has 0 saturated heterocycles. The predicted octanol–water partition coefficient (Wildman–Crippen LogP) is 0.707. The van der Waals surface area contributed by atoms with Gasteiger partial charge in [0, 0.05) is 0 Å². The molecule has 0 atom stereocenters. The van der Waals surface area contributed by atoms with Crippen molar-refractivity contribution < 1.29 is 22.8 Å². The van der Waals surface area contributed by atoms with Crippen LogP contribution in [0.2, 0.25) is 0 Å². The zero-order chi connectivity index (χ0) is 7.49. The van der Waals surface area contributed by atoms with Crippen molar-refractivity contribution in [2.24, 2.45) is 0 Å². The van der Waals surface area contributed by atoms with Crippen molar-refractivity contribution in [1.29, 1.82) is 0 Å². The van der Waals surface area contributed by atoms with Gasteiger partial charge in [0.05, 0.1) is 6.42 Å². The van der Waals surface area contributed by atoms with E-state index in [0.29, 0.717) is 0 Å². The highest BCUT2D eigenvalue weighted by atomic mass is 19.3. The zero-order valence-electron chi connectivity index (χ0n) is 4.23. The molecule has 9 heavy (non-hydrogen) atoms. The fraction of sp³-hybridized carbons (Fsp3) is 0.500. The Bertz CT molecular complexity index is 132. The van der Waals surface area contributed by atoms with Crippen LogP contribution in [0.3, 0.4) is 0 Å². The van der Waals surface area contributed by atoms with E-state index in [1.165, 1.54) is 0 Å². The molecule has 0 saturated carbocycles. The van der Waals surface area contributed by atoms with Gasteiger partial charge in [0.1, 0.15) is 6.29 Å². The standard InChI is InChI=1S/C4H3F3O2/c5-3(9)4(6,7)1-2-8/h2H,1H2. The van der Waals surface area contributed by atoms with Gasteiger partial charge in [-0.3, -0.25) is 4.79 Å². The first-order chi connectivity index (χ1) is 4.00. The van der Waals surface area contributed by atoms with E-state index in [1.54, 1.807) is 0 Å². The number of hydrogen-bond acceptors (Lipinski definition) is 2. The summed E-state index contributed by atoms with van der Waals surface area (Å²) in [5, 5.41) is 0. The third kappa shape index (κ3) is 2.25. The van der Waals surface area contributed by atoms with Crippen LogP contribution >= 0.6 is 0 Å². The van der Waals surface area contributed by atoms with Crippen molar-refractivity contribution in [2.75, 3.05) is 0 Å². The number of halogens is 3. The van der Waals surface area contributed by atoms with Crippen LogP contribution in [0.25, 0.3) is 0 Å². The molecule has 0 radical (unpaired) electrons. The fourth-order valence-corrected chi connectivity index (χ4v) is 0.185. The molecule has 0 amide bonds. The van der Waals surface area contributed by atoms with Crippen LogP contribution in [0, 0.1) is 0 Å². The van der Waals surface area contributed by atoms with E-state index in [1.807, 2.05) is 0 Å². The molecule has 5 heteroatoms. The van der Waals surface area contributed by atoms with Crippen molar-refractivity contribution in [3.63, 3.8) is 0 Å². The van der Waals surface area contributed by atoms with Crippen LogP contribution in [-0.4, -0.2) is 18.2 Å². The lowest BCUT2D eigenvalue weighted by Crippen LogP contribution is -2.24. The van der Waals surface area contributed by atoms with Crippen LogP contribution < -0.4 is 0 Å². The van der Waals surface area contributed by atoms with E-state index in [-0.39, 0.29) is 6.29 Å².